The van der Waals surface area contributed by atoms with E-state index in [1.165, 1.54) is 0 Å². The molecule has 1 fully saturated rings. The van der Waals surface area contributed by atoms with Crippen molar-refractivity contribution in [2.75, 3.05) is 33.4 Å². The molecule has 1 amide bonds. The first-order valence-corrected chi connectivity index (χ1v) is 8.57. The standard InChI is InChI=1S/C17H25BrN2O2/c1-13-11-19(12-14(2)20(13)8-9-22-3)17(21)10-15-4-6-16(18)7-5-15/h4-7,13-14H,8-12H2,1-3H3. The number of hydrogen-bond donors (Lipinski definition) is 0. The third-order valence-corrected chi connectivity index (χ3v) is 4.81. The van der Waals surface area contributed by atoms with Crippen LogP contribution < -0.4 is 0 Å². The second kappa shape index (κ2) is 8.09. The normalized spacial score (nSPS) is 22.8. The van der Waals surface area contributed by atoms with Gasteiger partial charge in [0.25, 0.3) is 0 Å². The van der Waals surface area contributed by atoms with E-state index in [0.29, 0.717) is 18.5 Å². The van der Waals surface area contributed by atoms with Gasteiger partial charge >= 0.3 is 0 Å². The highest BCUT2D eigenvalue weighted by Crippen LogP contribution is 2.17. The van der Waals surface area contributed by atoms with Crippen LogP contribution in [-0.2, 0) is 16.0 Å². The second-order valence-electron chi connectivity index (χ2n) is 6.03. The quantitative estimate of drug-likeness (QED) is 0.800. The molecule has 0 spiro atoms. The number of benzene rings is 1. The lowest BCUT2D eigenvalue weighted by molar-refractivity contribution is -0.135. The number of piperazine rings is 1. The van der Waals surface area contributed by atoms with Gasteiger partial charge in [-0.25, -0.2) is 0 Å². The number of methoxy groups -OCH3 is 1. The lowest BCUT2D eigenvalue weighted by Gasteiger charge is -2.44. The molecule has 1 aliphatic heterocycles. The molecule has 1 aromatic carbocycles. The molecule has 0 aromatic heterocycles. The Morgan fingerprint density at radius 1 is 1.23 bits per heavy atom. The Bertz CT molecular complexity index is 480. The van der Waals surface area contributed by atoms with Crippen molar-refractivity contribution >= 4 is 21.8 Å². The Morgan fingerprint density at radius 3 is 2.36 bits per heavy atom. The van der Waals surface area contributed by atoms with Gasteiger partial charge in [-0.15, -0.1) is 0 Å². The molecule has 0 saturated carbocycles. The first-order chi connectivity index (χ1) is 10.5. The summed E-state index contributed by atoms with van der Waals surface area (Å²) in [5, 5.41) is 0. The van der Waals surface area contributed by atoms with Gasteiger partial charge in [0, 0.05) is 43.3 Å². The van der Waals surface area contributed by atoms with Crippen LogP contribution in [0.2, 0.25) is 0 Å². The summed E-state index contributed by atoms with van der Waals surface area (Å²) in [6, 6.07) is 8.71. The van der Waals surface area contributed by atoms with E-state index in [-0.39, 0.29) is 5.91 Å². The van der Waals surface area contributed by atoms with Gasteiger partial charge in [-0.1, -0.05) is 28.1 Å². The Kier molecular flexibility index (Phi) is 6.41. The van der Waals surface area contributed by atoms with Crippen molar-refractivity contribution in [1.29, 1.82) is 0 Å². The maximum absolute atomic E-state index is 12.5. The van der Waals surface area contributed by atoms with Crippen LogP contribution in [0.4, 0.5) is 0 Å². The number of carbonyl (C=O) groups excluding carboxylic acids is 1. The Hall–Kier alpha value is -0.910. The van der Waals surface area contributed by atoms with E-state index in [0.717, 1.165) is 36.3 Å². The fraction of sp³-hybridized carbons (Fsp3) is 0.588. The summed E-state index contributed by atoms with van der Waals surface area (Å²) < 4.78 is 6.22. The predicted molar refractivity (Wildman–Crippen MR) is 91.9 cm³/mol. The van der Waals surface area contributed by atoms with Crippen molar-refractivity contribution in [3.8, 4) is 0 Å². The van der Waals surface area contributed by atoms with Crippen LogP contribution >= 0.6 is 15.9 Å². The van der Waals surface area contributed by atoms with Gasteiger partial charge in [-0.05, 0) is 31.5 Å². The Labute approximate surface area is 141 Å². The number of ether oxygens (including phenoxy) is 1. The van der Waals surface area contributed by atoms with E-state index in [2.05, 4.69) is 34.7 Å². The Morgan fingerprint density at radius 2 is 1.82 bits per heavy atom. The highest BCUT2D eigenvalue weighted by molar-refractivity contribution is 9.10. The zero-order chi connectivity index (χ0) is 16.1. The molecular weight excluding hydrogens is 344 g/mol. The second-order valence-corrected chi connectivity index (χ2v) is 6.95. The van der Waals surface area contributed by atoms with Crippen molar-refractivity contribution in [2.45, 2.75) is 32.4 Å². The number of rotatable bonds is 5. The third-order valence-electron chi connectivity index (χ3n) is 4.28. The summed E-state index contributed by atoms with van der Waals surface area (Å²) in [4.78, 5) is 17.0. The minimum absolute atomic E-state index is 0.215. The summed E-state index contributed by atoms with van der Waals surface area (Å²) in [7, 11) is 1.73. The van der Waals surface area contributed by atoms with E-state index in [4.69, 9.17) is 4.74 Å². The minimum atomic E-state index is 0.215. The van der Waals surface area contributed by atoms with Crippen LogP contribution in [0.1, 0.15) is 19.4 Å². The number of nitrogens with zero attached hydrogens (tertiary/aromatic N) is 2. The lowest BCUT2D eigenvalue weighted by atomic mass is 10.1. The molecular formula is C17H25BrN2O2. The van der Waals surface area contributed by atoms with Crippen molar-refractivity contribution in [1.82, 2.24) is 9.80 Å². The van der Waals surface area contributed by atoms with Gasteiger partial charge in [0.1, 0.15) is 0 Å². The molecule has 2 atom stereocenters. The molecule has 0 aliphatic carbocycles. The van der Waals surface area contributed by atoms with Crippen LogP contribution in [0.15, 0.2) is 28.7 Å². The maximum Gasteiger partial charge on any atom is 0.227 e. The van der Waals surface area contributed by atoms with E-state index in [1.54, 1.807) is 7.11 Å². The van der Waals surface area contributed by atoms with Gasteiger partial charge in [-0.3, -0.25) is 9.69 Å². The average Bonchev–Trinajstić information content (AvgIpc) is 2.48. The van der Waals surface area contributed by atoms with Crippen LogP contribution in [-0.4, -0.2) is 61.1 Å². The summed E-state index contributed by atoms with van der Waals surface area (Å²) in [5.74, 6) is 0.215. The summed E-state index contributed by atoms with van der Waals surface area (Å²) in [6.07, 6.45) is 0.477. The summed E-state index contributed by atoms with van der Waals surface area (Å²) >= 11 is 3.42. The zero-order valence-corrected chi connectivity index (χ0v) is 15.2. The number of carbonyl (C=O) groups is 1. The molecule has 122 valence electrons. The molecule has 1 saturated heterocycles. The molecule has 0 radical (unpaired) electrons. The summed E-state index contributed by atoms with van der Waals surface area (Å²) in [5.41, 5.74) is 1.07. The van der Waals surface area contributed by atoms with Crippen molar-refractivity contribution in [2.24, 2.45) is 0 Å². The molecule has 2 rings (SSSR count). The first-order valence-electron chi connectivity index (χ1n) is 7.78. The van der Waals surface area contributed by atoms with E-state index < -0.39 is 0 Å². The monoisotopic (exact) mass is 368 g/mol. The van der Waals surface area contributed by atoms with Crippen molar-refractivity contribution in [3.05, 3.63) is 34.3 Å². The fourth-order valence-electron chi connectivity index (χ4n) is 3.09. The van der Waals surface area contributed by atoms with Crippen LogP contribution in [0.5, 0.6) is 0 Å². The van der Waals surface area contributed by atoms with Gasteiger partial charge in [-0.2, -0.15) is 0 Å². The average molecular weight is 369 g/mol. The van der Waals surface area contributed by atoms with Crippen LogP contribution in [0.25, 0.3) is 0 Å². The fourth-order valence-corrected chi connectivity index (χ4v) is 3.35. The van der Waals surface area contributed by atoms with E-state index in [1.807, 2.05) is 29.2 Å². The van der Waals surface area contributed by atoms with E-state index in [9.17, 15) is 4.79 Å². The molecule has 1 aromatic rings. The molecule has 1 heterocycles. The van der Waals surface area contributed by atoms with Gasteiger partial charge < -0.3 is 9.64 Å². The van der Waals surface area contributed by atoms with Crippen LogP contribution in [0, 0.1) is 0 Å². The molecule has 22 heavy (non-hydrogen) atoms. The molecule has 5 heteroatoms. The van der Waals surface area contributed by atoms with Crippen molar-refractivity contribution in [3.63, 3.8) is 0 Å². The maximum atomic E-state index is 12.5. The smallest absolute Gasteiger partial charge is 0.227 e. The molecule has 0 bridgehead atoms. The van der Waals surface area contributed by atoms with Crippen molar-refractivity contribution < 1.29 is 9.53 Å². The Balaban J connectivity index is 1.93. The predicted octanol–water partition coefficient (Wildman–Crippen LogP) is 2.56. The van der Waals surface area contributed by atoms with Gasteiger partial charge in [0.2, 0.25) is 5.91 Å². The van der Waals surface area contributed by atoms with E-state index >= 15 is 0 Å². The molecule has 4 nitrogen and oxygen atoms in total. The molecule has 1 aliphatic rings. The topological polar surface area (TPSA) is 32.8 Å². The summed E-state index contributed by atoms with van der Waals surface area (Å²) in [6.45, 7) is 7.62. The number of hydrogen-bond acceptors (Lipinski definition) is 3. The largest absolute Gasteiger partial charge is 0.383 e. The van der Waals surface area contributed by atoms with Gasteiger partial charge in [0.15, 0.2) is 0 Å². The van der Waals surface area contributed by atoms with Crippen LogP contribution in [0.3, 0.4) is 0 Å². The lowest BCUT2D eigenvalue weighted by Crippen LogP contribution is -2.58. The molecule has 2 unspecified atom stereocenters. The molecule has 0 N–H and O–H groups in total. The van der Waals surface area contributed by atoms with Gasteiger partial charge in [0.05, 0.1) is 13.0 Å². The zero-order valence-electron chi connectivity index (χ0n) is 13.6. The number of halogens is 1. The highest BCUT2D eigenvalue weighted by atomic mass is 79.9. The highest BCUT2D eigenvalue weighted by Gasteiger charge is 2.31. The SMILES string of the molecule is COCCN1C(C)CN(C(=O)Cc2ccc(Br)cc2)CC1C. The number of amides is 1. The first kappa shape index (κ1) is 17.4. The third kappa shape index (κ3) is 4.54. The minimum Gasteiger partial charge on any atom is -0.383 e.